The molecule has 2 aliphatic heterocycles. The van der Waals surface area contributed by atoms with Crippen LogP contribution in [0, 0.1) is 0 Å². The molecule has 0 bridgehead atoms. The molecule has 1 saturated carbocycles. The summed E-state index contributed by atoms with van der Waals surface area (Å²) in [5.74, 6) is 0.716. The van der Waals surface area contributed by atoms with Gasteiger partial charge in [0.25, 0.3) is 0 Å². The van der Waals surface area contributed by atoms with Gasteiger partial charge >= 0.3 is 0 Å². The highest BCUT2D eigenvalue weighted by Gasteiger charge is 2.45. The van der Waals surface area contributed by atoms with Gasteiger partial charge in [0.1, 0.15) is 0 Å². The van der Waals surface area contributed by atoms with E-state index in [9.17, 15) is 0 Å². The number of nitrogens with zero attached hydrogens (tertiary/aromatic N) is 1. The largest absolute Gasteiger partial charge is 0.365 e. The van der Waals surface area contributed by atoms with Crippen LogP contribution in [0.1, 0.15) is 68.9 Å². The summed E-state index contributed by atoms with van der Waals surface area (Å²) >= 11 is 3.72. The van der Waals surface area contributed by atoms with E-state index in [1.54, 1.807) is 16.8 Å². The summed E-state index contributed by atoms with van der Waals surface area (Å²) in [6.45, 7) is 3.73. The van der Waals surface area contributed by atoms with E-state index in [4.69, 9.17) is 0 Å². The minimum Gasteiger partial charge on any atom is -0.365 e. The Labute approximate surface area is 130 Å². The average Bonchev–Trinajstić information content (AvgIpc) is 2.45. The van der Waals surface area contributed by atoms with Crippen LogP contribution in [0.3, 0.4) is 0 Å². The number of hydrogen-bond donors (Lipinski definition) is 0. The molecule has 1 fully saturated rings. The molecule has 0 amide bonds. The van der Waals surface area contributed by atoms with Gasteiger partial charge in [-0.1, -0.05) is 42.1 Å². The van der Waals surface area contributed by atoms with Gasteiger partial charge in [-0.2, -0.15) is 0 Å². The fourth-order valence-corrected chi connectivity index (χ4v) is 5.58. The van der Waals surface area contributed by atoms with Crippen LogP contribution in [0.15, 0.2) is 16.6 Å². The van der Waals surface area contributed by atoms with Crippen molar-refractivity contribution >= 4 is 21.6 Å². The van der Waals surface area contributed by atoms with E-state index in [1.807, 2.05) is 0 Å². The number of benzene rings is 1. The van der Waals surface area contributed by atoms with Gasteiger partial charge < -0.3 is 4.90 Å². The van der Waals surface area contributed by atoms with E-state index in [-0.39, 0.29) is 0 Å². The molecule has 1 atom stereocenters. The Hall–Kier alpha value is -0.500. The molecule has 0 N–H and O–H groups in total. The Balaban J connectivity index is 1.87. The highest BCUT2D eigenvalue weighted by molar-refractivity contribution is 9.10. The van der Waals surface area contributed by atoms with E-state index >= 15 is 0 Å². The lowest BCUT2D eigenvalue weighted by Crippen LogP contribution is -2.55. The lowest BCUT2D eigenvalue weighted by atomic mass is 9.69. The first-order chi connectivity index (χ1) is 9.70. The lowest BCUT2D eigenvalue weighted by Gasteiger charge is -2.55. The molecule has 4 rings (SSSR count). The fourth-order valence-electron chi connectivity index (χ4n) is 5.06. The molecule has 2 heteroatoms. The Morgan fingerprint density at radius 3 is 2.75 bits per heavy atom. The second-order valence-electron chi connectivity index (χ2n) is 7.15. The molecule has 108 valence electrons. The van der Waals surface area contributed by atoms with Crippen LogP contribution in [0.5, 0.6) is 0 Å². The second kappa shape index (κ2) is 4.76. The van der Waals surface area contributed by atoms with Gasteiger partial charge in [0.05, 0.1) is 0 Å². The van der Waals surface area contributed by atoms with E-state index in [1.165, 1.54) is 62.4 Å². The summed E-state index contributed by atoms with van der Waals surface area (Å²) in [6, 6.07) is 4.76. The minimum atomic E-state index is 0.494. The van der Waals surface area contributed by atoms with Crippen LogP contribution in [0.4, 0.5) is 5.69 Å². The van der Waals surface area contributed by atoms with Gasteiger partial charge in [-0.05, 0) is 61.3 Å². The van der Waals surface area contributed by atoms with Gasteiger partial charge in [-0.25, -0.2) is 0 Å². The van der Waals surface area contributed by atoms with Crippen molar-refractivity contribution in [3.8, 4) is 0 Å². The number of fused-ring (bicyclic) bond motifs is 1. The standard InChI is InChI=1S/C18H24BrN/c1-13-12-18(7-3-2-4-8-18)20-9-5-6-14-10-15(19)11-16(13)17(14)20/h10-11,13H,2-9,12H2,1H3. The first-order valence-electron chi connectivity index (χ1n) is 8.30. The van der Waals surface area contributed by atoms with Crippen molar-refractivity contribution < 1.29 is 0 Å². The zero-order chi connectivity index (χ0) is 13.7. The molecular formula is C18H24BrN. The summed E-state index contributed by atoms with van der Waals surface area (Å²) in [5.41, 5.74) is 5.32. The third kappa shape index (κ3) is 1.87. The Kier molecular flexibility index (Phi) is 3.14. The molecule has 0 radical (unpaired) electrons. The molecule has 3 aliphatic rings. The molecule has 1 unspecified atom stereocenters. The first kappa shape index (κ1) is 13.2. The number of rotatable bonds is 0. The van der Waals surface area contributed by atoms with Crippen molar-refractivity contribution in [3.05, 3.63) is 27.7 Å². The van der Waals surface area contributed by atoms with E-state index in [0.717, 1.165) is 0 Å². The Morgan fingerprint density at radius 1 is 1.15 bits per heavy atom. The van der Waals surface area contributed by atoms with Crippen LogP contribution in [0.2, 0.25) is 0 Å². The van der Waals surface area contributed by atoms with Crippen molar-refractivity contribution in [2.45, 2.75) is 69.7 Å². The van der Waals surface area contributed by atoms with Crippen molar-refractivity contribution in [2.24, 2.45) is 0 Å². The molecule has 1 aromatic rings. The average molecular weight is 334 g/mol. The second-order valence-corrected chi connectivity index (χ2v) is 8.06. The highest BCUT2D eigenvalue weighted by Crippen LogP contribution is 2.52. The van der Waals surface area contributed by atoms with E-state index in [2.05, 4.69) is 39.9 Å². The monoisotopic (exact) mass is 333 g/mol. The number of halogens is 1. The molecule has 20 heavy (non-hydrogen) atoms. The molecule has 1 nitrogen and oxygen atoms in total. The van der Waals surface area contributed by atoms with E-state index < -0.39 is 0 Å². The third-order valence-corrected chi connectivity index (χ3v) is 6.31. The highest BCUT2D eigenvalue weighted by atomic mass is 79.9. The SMILES string of the molecule is CC1CC2(CCCCC2)N2CCCc3cc(Br)cc1c32. The predicted octanol–water partition coefficient (Wildman–Crippen LogP) is 5.41. The normalized spacial score (nSPS) is 27.5. The number of anilines is 1. The molecule has 1 aliphatic carbocycles. The summed E-state index contributed by atoms with van der Waals surface area (Å²) in [4.78, 5) is 2.84. The van der Waals surface area contributed by atoms with Crippen LogP contribution >= 0.6 is 15.9 Å². The quantitative estimate of drug-likeness (QED) is 0.613. The molecule has 0 aromatic heterocycles. The van der Waals surface area contributed by atoms with Crippen LogP contribution < -0.4 is 4.90 Å². The van der Waals surface area contributed by atoms with E-state index in [0.29, 0.717) is 11.5 Å². The zero-order valence-electron chi connectivity index (χ0n) is 12.4. The molecule has 0 saturated heterocycles. The molecular weight excluding hydrogens is 310 g/mol. The summed E-state index contributed by atoms with van der Waals surface area (Å²) < 4.78 is 1.28. The Morgan fingerprint density at radius 2 is 1.95 bits per heavy atom. The van der Waals surface area contributed by atoms with Gasteiger partial charge in [-0.15, -0.1) is 0 Å². The summed E-state index contributed by atoms with van der Waals surface area (Å²) in [6.07, 6.45) is 11.1. The maximum Gasteiger partial charge on any atom is 0.0439 e. The van der Waals surface area contributed by atoms with Gasteiger partial charge in [-0.3, -0.25) is 0 Å². The molecule has 2 heterocycles. The predicted molar refractivity (Wildman–Crippen MR) is 88.7 cm³/mol. The molecule has 1 spiro atoms. The van der Waals surface area contributed by atoms with Crippen LogP contribution in [-0.2, 0) is 6.42 Å². The fraction of sp³-hybridized carbons (Fsp3) is 0.667. The van der Waals surface area contributed by atoms with Gasteiger partial charge in [0.15, 0.2) is 0 Å². The van der Waals surface area contributed by atoms with Gasteiger partial charge in [0.2, 0.25) is 0 Å². The first-order valence-corrected chi connectivity index (χ1v) is 9.09. The maximum absolute atomic E-state index is 3.72. The van der Waals surface area contributed by atoms with Crippen molar-refractivity contribution in [2.75, 3.05) is 11.4 Å². The smallest absolute Gasteiger partial charge is 0.0439 e. The van der Waals surface area contributed by atoms with Crippen LogP contribution in [-0.4, -0.2) is 12.1 Å². The topological polar surface area (TPSA) is 3.24 Å². The lowest BCUT2D eigenvalue weighted by molar-refractivity contribution is 0.229. The number of hydrogen-bond acceptors (Lipinski definition) is 1. The number of aryl methyl sites for hydroxylation is 1. The van der Waals surface area contributed by atoms with Crippen molar-refractivity contribution in [1.29, 1.82) is 0 Å². The third-order valence-electron chi connectivity index (χ3n) is 5.85. The minimum absolute atomic E-state index is 0.494. The van der Waals surface area contributed by atoms with Crippen molar-refractivity contribution in [3.63, 3.8) is 0 Å². The van der Waals surface area contributed by atoms with Gasteiger partial charge in [0, 0.05) is 22.2 Å². The van der Waals surface area contributed by atoms with Crippen molar-refractivity contribution in [1.82, 2.24) is 0 Å². The van der Waals surface area contributed by atoms with Crippen LogP contribution in [0.25, 0.3) is 0 Å². The summed E-state index contributed by atoms with van der Waals surface area (Å²) in [7, 11) is 0. The zero-order valence-corrected chi connectivity index (χ0v) is 14.0. The maximum atomic E-state index is 3.72. The molecule has 1 aromatic carbocycles. The Bertz CT molecular complexity index is 530. The summed E-state index contributed by atoms with van der Waals surface area (Å²) in [5, 5.41) is 0.